The zero-order valence-electron chi connectivity index (χ0n) is 15.2. The van der Waals surface area contributed by atoms with E-state index >= 15 is 0 Å². The number of carbonyl (C=O) groups excluding carboxylic acids is 1. The highest BCUT2D eigenvalue weighted by Gasteiger charge is 2.39. The maximum absolute atomic E-state index is 12.0. The van der Waals surface area contributed by atoms with Crippen molar-refractivity contribution in [3.8, 4) is 0 Å². The SMILES string of the molecule is CCC(=O)N1CCO[C@H]1C(C)(C)C/C=C(\C)CCC=C(C)C. The van der Waals surface area contributed by atoms with Crippen LogP contribution in [0.3, 0.4) is 0 Å². The van der Waals surface area contributed by atoms with Crippen LogP contribution in [0.2, 0.25) is 0 Å². The Kier molecular flexibility index (Phi) is 7.34. The molecule has 1 rings (SSSR count). The predicted molar refractivity (Wildman–Crippen MR) is 92.6 cm³/mol. The molecule has 1 atom stereocenters. The molecule has 0 aromatic heterocycles. The van der Waals surface area contributed by atoms with Gasteiger partial charge in [0.2, 0.25) is 5.91 Å². The van der Waals surface area contributed by atoms with Gasteiger partial charge in [0.15, 0.2) is 0 Å². The van der Waals surface area contributed by atoms with Gasteiger partial charge >= 0.3 is 0 Å². The second-order valence-corrected chi connectivity index (χ2v) is 7.23. The van der Waals surface area contributed by atoms with E-state index in [9.17, 15) is 4.79 Å². The van der Waals surface area contributed by atoms with Gasteiger partial charge in [0.25, 0.3) is 0 Å². The monoisotopic (exact) mass is 307 g/mol. The van der Waals surface area contributed by atoms with E-state index < -0.39 is 0 Å². The van der Waals surface area contributed by atoms with Crippen molar-refractivity contribution >= 4 is 5.91 Å². The van der Waals surface area contributed by atoms with Crippen LogP contribution < -0.4 is 0 Å². The standard InChI is InChI=1S/C19H33NO2/c1-7-17(21)20-13-14-22-18(20)19(5,6)12-11-16(4)10-8-9-15(2)3/h9,11,18H,7-8,10,12-14H2,1-6H3/b16-11+/t18-/m0/s1. The molecule has 1 saturated heterocycles. The minimum Gasteiger partial charge on any atom is -0.356 e. The number of hydrogen-bond donors (Lipinski definition) is 0. The first kappa shape index (κ1) is 19.0. The van der Waals surface area contributed by atoms with Crippen molar-refractivity contribution in [2.45, 2.75) is 73.5 Å². The van der Waals surface area contributed by atoms with Gasteiger partial charge in [-0.2, -0.15) is 0 Å². The van der Waals surface area contributed by atoms with Crippen molar-refractivity contribution < 1.29 is 9.53 Å². The van der Waals surface area contributed by atoms with E-state index in [1.807, 2.05) is 11.8 Å². The van der Waals surface area contributed by atoms with E-state index in [1.54, 1.807) is 0 Å². The summed E-state index contributed by atoms with van der Waals surface area (Å²) in [5, 5.41) is 0. The van der Waals surface area contributed by atoms with Crippen LogP contribution in [0.1, 0.15) is 67.2 Å². The molecule has 0 unspecified atom stereocenters. The maximum Gasteiger partial charge on any atom is 0.224 e. The van der Waals surface area contributed by atoms with Crippen LogP contribution in [0.15, 0.2) is 23.3 Å². The molecule has 0 saturated carbocycles. The number of hydrogen-bond acceptors (Lipinski definition) is 2. The second kappa shape index (κ2) is 8.52. The van der Waals surface area contributed by atoms with Crippen LogP contribution in [0.4, 0.5) is 0 Å². The van der Waals surface area contributed by atoms with Gasteiger partial charge in [0.1, 0.15) is 6.23 Å². The number of amides is 1. The fraction of sp³-hybridized carbons (Fsp3) is 0.737. The molecule has 1 fully saturated rings. The zero-order chi connectivity index (χ0) is 16.8. The van der Waals surface area contributed by atoms with E-state index in [2.05, 4.69) is 46.8 Å². The van der Waals surface area contributed by atoms with Crippen molar-refractivity contribution in [3.63, 3.8) is 0 Å². The van der Waals surface area contributed by atoms with Gasteiger partial charge in [-0.05, 0) is 40.0 Å². The molecular formula is C19H33NO2. The third-order valence-corrected chi connectivity index (χ3v) is 4.25. The Labute approximate surface area is 136 Å². The number of rotatable bonds is 7. The van der Waals surface area contributed by atoms with Crippen molar-refractivity contribution in [2.75, 3.05) is 13.2 Å². The fourth-order valence-corrected chi connectivity index (χ4v) is 2.80. The molecule has 1 amide bonds. The molecule has 0 aromatic rings. The molecule has 1 heterocycles. The molecular weight excluding hydrogens is 274 g/mol. The van der Waals surface area contributed by atoms with Crippen LogP contribution in [0.25, 0.3) is 0 Å². The smallest absolute Gasteiger partial charge is 0.224 e. The Morgan fingerprint density at radius 3 is 2.55 bits per heavy atom. The molecule has 0 radical (unpaired) electrons. The molecule has 1 aliphatic rings. The summed E-state index contributed by atoms with van der Waals surface area (Å²) in [6.45, 7) is 14.2. The highest BCUT2D eigenvalue weighted by molar-refractivity contribution is 5.76. The van der Waals surface area contributed by atoms with Gasteiger partial charge < -0.3 is 9.64 Å². The molecule has 22 heavy (non-hydrogen) atoms. The fourth-order valence-electron chi connectivity index (χ4n) is 2.80. The highest BCUT2D eigenvalue weighted by Crippen LogP contribution is 2.34. The Balaban J connectivity index is 2.62. The highest BCUT2D eigenvalue weighted by atomic mass is 16.5. The first-order chi connectivity index (χ1) is 10.3. The van der Waals surface area contributed by atoms with E-state index in [-0.39, 0.29) is 17.6 Å². The average molecular weight is 307 g/mol. The summed E-state index contributed by atoms with van der Waals surface area (Å²) in [4.78, 5) is 13.9. The summed E-state index contributed by atoms with van der Waals surface area (Å²) in [5.41, 5.74) is 2.73. The summed E-state index contributed by atoms with van der Waals surface area (Å²) in [7, 11) is 0. The summed E-state index contributed by atoms with van der Waals surface area (Å²) in [6, 6.07) is 0. The molecule has 0 bridgehead atoms. The van der Waals surface area contributed by atoms with Crippen LogP contribution in [0.5, 0.6) is 0 Å². The lowest BCUT2D eigenvalue weighted by Crippen LogP contribution is -2.44. The first-order valence-electron chi connectivity index (χ1n) is 8.48. The zero-order valence-corrected chi connectivity index (χ0v) is 15.2. The summed E-state index contributed by atoms with van der Waals surface area (Å²) in [5.74, 6) is 0.194. The maximum atomic E-state index is 12.0. The predicted octanol–water partition coefficient (Wildman–Crippen LogP) is 4.69. The van der Waals surface area contributed by atoms with Crippen molar-refractivity contribution in [2.24, 2.45) is 5.41 Å². The lowest BCUT2D eigenvalue weighted by Gasteiger charge is -2.36. The molecule has 3 nitrogen and oxygen atoms in total. The topological polar surface area (TPSA) is 29.5 Å². The molecule has 3 heteroatoms. The Morgan fingerprint density at radius 2 is 1.95 bits per heavy atom. The lowest BCUT2D eigenvalue weighted by atomic mass is 9.85. The summed E-state index contributed by atoms with van der Waals surface area (Å²) < 4.78 is 5.86. The third kappa shape index (κ3) is 5.60. The largest absolute Gasteiger partial charge is 0.356 e. The molecule has 0 N–H and O–H groups in total. The van der Waals surface area contributed by atoms with E-state index in [1.165, 1.54) is 11.1 Å². The quantitative estimate of drug-likeness (QED) is 0.639. The van der Waals surface area contributed by atoms with Crippen molar-refractivity contribution in [1.82, 2.24) is 4.90 Å². The van der Waals surface area contributed by atoms with Gasteiger partial charge in [0.05, 0.1) is 6.61 Å². The van der Waals surface area contributed by atoms with Crippen LogP contribution in [-0.4, -0.2) is 30.2 Å². The Morgan fingerprint density at radius 1 is 1.27 bits per heavy atom. The average Bonchev–Trinajstić information content (AvgIpc) is 2.94. The summed E-state index contributed by atoms with van der Waals surface area (Å²) in [6.07, 6.45) is 8.19. The molecule has 0 spiro atoms. The Bertz CT molecular complexity index is 431. The first-order valence-corrected chi connectivity index (χ1v) is 8.48. The molecule has 126 valence electrons. The van der Waals surface area contributed by atoms with Gasteiger partial charge in [-0.3, -0.25) is 4.79 Å². The Hall–Kier alpha value is -1.09. The normalized spacial score (nSPS) is 19.5. The van der Waals surface area contributed by atoms with Crippen molar-refractivity contribution in [1.29, 1.82) is 0 Å². The number of ether oxygens (including phenoxy) is 1. The number of allylic oxidation sites excluding steroid dienone is 4. The number of carbonyl (C=O) groups is 1. The van der Waals surface area contributed by atoms with Crippen LogP contribution in [-0.2, 0) is 9.53 Å². The van der Waals surface area contributed by atoms with Crippen molar-refractivity contribution in [3.05, 3.63) is 23.3 Å². The van der Waals surface area contributed by atoms with Gasteiger partial charge in [-0.25, -0.2) is 0 Å². The van der Waals surface area contributed by atoms with Gasteiger partial charge in [-0.1, -0.05) is 44.1 Å². The molecule has 0 aliphatic carbocycles. The van der Waals surface area contributed by atoms with Crippen LogP contribution in [0, 0.1) is 5.41 Å². The molecule has 0 aromatic carbocycles. The minimum atomic E-state index is -0.0956. The third-order valence-electron chi connectivity index (χ3n) is 4.25. The summed E-state index contributed by atoms with van der Waals surface area (Å²) >= 11 is 0. The second-order valence-electron chi connectivity index (χ2n) is 7.23. The van der Waals surface area contributed by atoms with E-state index in [0.717, 1.165) is 25.8 Å². The van der Waals surface area contributed by atoms with Gasteiger partial charge in [-0.15, -0.1) is 0 Å². The minimum absolute atomic E-state index is 0.0564. The van der Waals surface area contributed by atoms with Crippen LogP contribution >= 0.6 is 0 Å². The van der Waals surface area contributed by atoms with E-state index in [4.69, 9.17) is 4.74 Å². The number of nitrogens with zero attached hydrogens (tertiary/aromatic N) is 1. The lowest BCUT2D eigenvalue weighted by molar-refractivity contribution is -0.142. The van der Waals surface area contributed by atoms with Gasteiger partial charge in [0, 0.05) is 18.4 Å². The van der Waals surface area contributed by atoms with E-state index in [0.29, 0.717) is 13.0 Å². The molecule has 1 aliphatic heterocycles.